The monoisotopic (exact) mass is 343 g/mol. The molecule has 2 N–H and O–H groups in total. The van der Waals surface area contributed by atoms with Crippen molar-refractivity contribution >= 4 is 27.5 Å². The largest absolute Gasteiger partial charge is 0.398 e. The Labute approximate surface area is 131 Å². The van der Waals surface area contributed by atoms with E-state index in [1.807, 2.05) is 36.4 Å². The van der Waals surface area contributed by atoms with Crippen LogP contribution in [0.2, 0.25) is 0 Å². The van der Waals surface area contributed by atoms with E-state index in [2.05, 4.69) is 15.9 Å². The number of anilines is 1. The molecule has 0 atom stereocenters. The number of nitrogen functional groups attached to an aromatic ring is 1. The standard InChI is InChI=1S/C16H14BrN3O/c17-15-13(7-4-8-14(15)19)16(21)20(10-9-18)11-12-5-2-1-3-6-12/h1-8H,10-11,19H2. The third-order valence-electron chi connectivity index (χ3n) is 3.02. The molecule has 0 aliphatic rings. The second-order valence-electron chi connectivity index (χ2n) is 4.51. The van der Waals surface area contributed by atoms with E-state index in [9.17, 15) is 4.79 Å². The van der Waals surface area contributed by atoms with Crippen LogP contribution >= 0.6 is 15.9 Å². The van der Waals surface area contributed by atoms with Crippen LogP contribution in [0.4, 0.5) is 5.69 Å². The number of amides is 1. The van der Waals surface area contributed by atoms with Crippen LogP contribution in [-0.2, 0) is 6.54 Å². The number of benzene rings is 2. The van der Waals surface area contributed by atoms with E-state index in [4.69, 9.17) is 11.0 Å². The number of hydrogen-bond acceptors (Lipinski definition) is 3. The number of halogens is 1. The van der Waals surface area contributed by atoms with Gasteiger partial charge in [-0.15, -0.1) is 0 Å². The van der Waals surface area contributed by atoms with Crippen LogP contribution in [0.5, 0.6) is 0 Å². The highest BCUT2D eigenvalue weighted by molar-refractivity contribution is 9.10. The summed E-state index contributed by atoms with van der Waals surface area (Å²) in [5, 5.41) is 8.95. The molecule has 5 heteroatoms. The first-order chi connectivity index (χ1) is 10.1. The van der Waals surface area contributed by atoms with Crippen LogP contribution in [0, 0.1) is 11.3 Å². The van der Waals surface area contributed by atoms with Gasteiger partial charge in [0.05, 0.1) is 16.1 Å². The Bertz CT molecular complexity index is 680. The van der Waals surface area contributed by atoms with Gasteiger partial charge in [0.25, 0.3) is 5.91 Å². The average Bonchev–Trinajstić information content (AvgIpc) is 2.50. The summed E-state index contributed by atoms with van der Waals surface area (Å²) in [6, 6.07) is 16.7. The third kappa shape index (κ3) is 3.61. The molecule has 0 saturated heterocycles. The van der Waals surface area contributed by atoms with E-state index in [-0.39, 0.29) is 12.5 Å². The molecular formula is C16H14BrN3O. The molecule has 0 aromatic heterocycles. The van der Waals surface area contributed by atoms with Gasteiger partial charge in [0.1, 0.15) is 6.54 Å². The molecule has 21 heavy (non-hydrogen) atoms. The minimum absolute atomic E-state index is 0.0228. The van der Waals surface area contributed by atoms with E-state index in [1.165, 1.54) is 4.90 Å². The van der Waals surface area contributed by atoms with E-state index >= 15 is 0 Å². The lowest BCUT2D eigenvalue weighted by molar-refractivity contribution is 0.0764. The van der Waals surface area contributed by atoms with Gasteiger partial charge in [-0.25, -0.2) is 0 Å². The molecule has 0 radical (unpaired) electrons. The molecular weight excluding hydrogens is 330 g/mol. The molecule has 4 nitrogen and oxygen atoms in total. The third-order valence-corrected chi connectivity index (χ3v) is 3.91. The lowest BCUT2D eigenvalue weighted by Gasteiger charge is -2.20. The van der Waals surface area contributed by atoms with E-state index in [0.29, 0.717) is 22.3 Å². The van der Waals surface area contributed by atoms with Crippen molar-refractivity contribution in [2.24, 2.45) is 0 Å². The van der Waals surface area contributed by atoms with Crippen molar-refractivity contribution in [3.8, 4) is 6.07 Å². The number of nitrogens with two attached hydrogens (primary N) is 1. The Morgan fingerprint density at radius 1 is 1.19 bits per heavy atom. The molecule has 2 rings (SSSR count). The SMILES string of the molecule is N#CCN(Cc1ccccc1)C(=O)c1cccc(N)c1Br. The molecule has 0 bridgehead atoms. The Balaban J connectivity index is 2.28. The first kappa shape index (κ1) is 15.1. The zero-order valence-corrected chi connectivity index (χ0v) is 12.9. The zero-order chi connectivity index (χ0) is 15.2. The van der Waals surface area contributed by atoms with E-state index in [1.54, 1.807) is 18.2 Å². The van der Waals surface area contributed by atoms with Crippen LogP contribution in [0.1, 0.15) is 15.9 Å². The van der Waals surface area contributed by atoms with Gasteiger partial charge in [-0.1, -0.05) is 36.4 Å². The Morgan fingerprint density at radius 2 is 1.90 bits per heavy atom. The van der Waals surface area contributed by atoms with Crippen molar-refractivity contribution in [2.45, 2.75) is 6.54 Å². The summed E-state index contributed by atoms with van der Waals surface area (Å²) in [6.07, 6.45) is 0. The smallest absolute Gasteiger partial charge is 0.256 e. The van der Waals surface area contributed by atoms with Gasteiger partial charge in [-0.3, -0.25) is 4.79 Å². The molecule has 2 aromatic rings. The van der Waals surface area contributed by atoms with Crippen LogP contribution in [0.15, 0.2) is 53.0 Å². The zero-order valence-electron chi connectivity index (χ0n) is 11.3. The predicted octanol–water partition coefficient (Wildman–Crippen LogP) is 3.20. The quantitative estimate of drug-likeness (QED) is 0.684. The van der Waals surface area contributed by atoms with Crippen LogP contribution in [-0.4, -0.2) is 17.4 Å². The normalized spacial score (nSPS) is 9.90. The van der Waals surface area contributed by atoms with Gasteiger partial charge in [0.2, 0.25) is 0 Å². The van der Waals surface area contributed by atoms with Crippen molar-refractivity contribution in [3.63, 3.8) is 0 Å². The topological polar surface area (TPSA) is 70.1 Å². The number of nitriles is 1. The molecule has 0 saturated carbocycles. The molecule has 106 valence electrons. The van der Waals surface area contributed by atoms with Gasteiger partial charge >= 0.3 is 0 Å². The maximum atomic E-state index is 12.6. The minimum atomic E-state index is -0.223. The number of nitrogens with zero attached hydrogens (tertiary/aromatic N) is 2. The van der Waals surface area contributed by atoms with Gasteiger partial charge in [0.15, 0.2) is 0 Å². The fourth-order valence-electron chi connectivity index (χ4n) is 1.97. The van der Waals surface area contributed by atoms with Gasteiger partial charge in [-0.2, -0.15) is 5.26 Å². The van der Waals surface area contributed by atoms with Crippen molar-refractivity contribution < 1.29 is 4.79 Å². The molecule has 0 heterocycles. The maximum absolute atomic E-state index is 12.6. The first-order valence-electron chi connectivity index (χ1n) is 6.37. The highest BCUT2D eigenvalue weighted by Crippen LogP contribution is 2.25. The Hall–Kier alpha value is -2.32. The summed E-state index contributed by atoms with van der Waals surface area (Å²) in [7, 11) is 0. The van der Waals surface area contributed by atoms with E-state index in [0.717, 1.165) is 5.56 Å². The fraction of sp³-hybridized carbons (Fsp3) is 0.125. The van der Waals surface area contributed by atoms with E-state index < -0.39 is 0 Å². The van der Waals surface area contributed by atoms with Crippen molar-refractivity contribution in [2.75, 3.05) is 12.3 Å². The van der Waals surface area contributed by atoms with Crippen molar-refractivity contribution in [1.29, 1.82) is 5.26 Å². The molecule has 0 aliphatic carbocycles. The van der Waals surface area contributed by atoms with Crippen LogP contribution < -0.4 is 5.73 Å². The molecule has 2 aromatic carbocycles. The van der Waals surface area contributed by atoms with Crippen LogP contribution in [0.3, 0.4) is 0 Å². The van der Waals surface area contributed by atoms with Crippen molar-refractivity contribution in [1.82, 2.24) is 4.90 Å². The molecule has 0 spiro atoms. The number of rotatable bonds is 4. The lowest BCUT2D eigenvalue weighted by Crippen LogP contribution is -2.31. The highest BCUT2D eigenvalue weighted by atomic mass is 79.9. The lowest BCUT2D eigenvalue weighted by atomic mass is 10.1. The van der Waals surface area contributed by atoms with Gasteiger partial charge in [-0.05, 0) is 33.6 Å². The molecule has 0 unspecified atom stereocenters. The van der Waals surface area contributed by atoms with Crippen LogP contribution in [0.25, 0.3) is 0 Å². The molecule has 0 aliphatic heterocycles. The summed E-state index contributed by atoms with van der Waals surface area (Å²) >= 11 is 3.33. The minimum Gasteiger partial charge on any atom is -0.398 e. The molecule has 0 fully saturated rings. The average molecular weight is 344 g/mol. The highest BCUT2D eigenvalue weighted by Gasteiger charge is 2.19. The summed E-state index contributed by atoms with van der Waals surface area (Å²) in [5.41, 5.74) is 7.73. The number of hydrogen-bond donors (Lipinski definition) is 1. The molecule has 1 amide bonds. The Kier molecular flexibility index (Phi) is 4.96. The number of carbonyl (C=O) groups excluding carboxylic acids is 1. The fourth-order valence-corrected chi connectivity index (χ4v) is 2.41. The van der Waals surface area contributed by atoms with Gasteiger partial charge < -0.3 is 10.6 Å². The summed E-state index contributed by atoms with van der Waals surface area (Å²) < 4.78 is 0.561. The second-order valence-corrected chi connectivity index (χ2v) is 5.31. The summed E-state index contributed by atoms with van der Waals surface area (Å²) in [4.78, 5) is 14.1. The predicted molar refractivity (Wildman–Crippen MR) is 85.3 cm³/mol. The summed E-state index contributed by atoms with van der Waals surface area (Å²) in [5.74, 6) is -0.223. The second kappa shape index (κ2) is 6.91. The van der Waals surface area contributed by atoms with Gasteiger partial charge in [0, 0.05) is 12.2 Å². The maximum Gasteiger partial charge on any atom is 0.256 e. The number of carbonyl (C=O) groups is 1. The first-order valence-corrected chi connectivity index (χ1v) is 7.17. The van der Waals surface area contributed by atoms with Crippen molar-refractivity contribution in [3.05, 3.63) is 64.1 Å². The summed E-state index contributed by atoms with van der Waals surface area (Å²) in [6.45, 7) is 0.406. The Morgan fingerprint density at radius 3 is 2.57 bits per heavy atom.